The Labute approximate surface area is 186 Å². The third kappa shape index (κ3) is 7.38. The Balaban J connectivity index is 1.43. The minimum atomic E-state index is -0.194. The van der Waals surface area contributed by atoms with Crippen LogP contribution in [0.3, 0.4) is 0 Å². The van der Waals surface area contributed by atoms with Crippen LogP contribution >= 0.6 is 0 Å². The largest absolute Gasteiger partial charge is 0.376 e. The molecule has 0 atom stereocenters. The first-order valence-corrected chi connectivity index (χ1v) is 11.7. The predicted octanol–water partition coefficient (Wildman–Crippen LogP) is 2.19. The van der Waals surface area contributed by atoms with Crippen LogP contribution < -0.4 is 21.3 Å². The van der Waals surface area contributed by atoms with Crippen molar-refractivity contribution < 1.29 is 9.53 Å². The monoisotopic (exact) mass is 430 g/mol. The first kappa shape index (κ1) is 23.3. The molecule has 1 aliphatic heterocycles. The second kappa shape index (κ2) is 12.5. The number of pyridine rings is 1. The van der Waals surface area contributed by atoms with Crippen molar-refractivity contribution in [3.63, 3.8) is 0 Å². The molecule has 4 N–H and O–H groups in total. The number of hydrogen-bond acceptors (Lipinski definition) is 5. The SMILES string of the molecule is CN=C(NCCOC1CCCCCC1)NCc1cccnc1N1CCC(C(N)=O)CC1. The van der Waals surface area contributed by atoms with Gasteiger partial charge in [0.05, 0.1) is 12.7 Å². The number of aliphatic imine (C=N–C) groups is 1. The number of aromatic nitrogens is 1. The molecule has 8 nitrogen and oxygen atoms in total. The number of anilines is 1. The zero-order chi connectivity index (χ0) is 21.9. The highest BCUT2D eigenvalue weighted by atomic mass is 16.5. The molecule has 1 saturated carbocycles. The normalized spacial score (nSPS) is 19.1. The number of carbonyl (C=O) groups excluding carboxylic acids is 1. The van der Waals surface area contributed by atoms with Crippen molar-refractivity contribution in [1.29, 1.82) is 0 Å². The molecule has 172 valence electrons. The van der Waals surface area contributed by atoms with Crippen molar-refractivity contribution in [2.24, 2.45) is 16.6 Å². The molecule has 1 amide bonds. The van der Waals surface area contributed by atoms with Crippen molar-refractivity contribution in [3.8, 4) is 0 Å². The number of nitrogens with zero attached hydrogens (tertiary/aromatic N) is 3. The predicted molar refractivity (Wildman–Crippen MR) is 124 cm³/mol. The average Bonchev–Trinajstić information content (AvgIpc) is 3.08. The third-order valence-electron chi connectivity index (χ3n) is 6.28. The van der Waals surface area contributed by atoms with Gasteiger partial charge in [0.1, 0.15) is 5.82 Å². The van der Waals surface area contributed by atoms with E-state index in [1.165, 1.54) is 38.5 Å². The van der Waals surface area contributed by atoms with Crippen LogP contribution in [0, 0.1) is 5.92 Å². The highest BCUT2D eigenvalue weighted by Gasteiger charge is 2.25. The summed E-state index contributed by atoms with van der Waals surface area (Å²) in [5.41, 5.74) is 6.57. The van der Waals surface area contributed by atoms with Gasteiger partial charge < -0.3 is 26.0 Å². The van der Waals surface area contributed by atoms with E-state index < -0.39 is 0 Å². The Morgan fingerprint density at radius 3 is 2.61 bits per heavy atom. The zero-order valence-electron chi connectivity index (χ0n) is 18.8. The molecule has 2 heterocycles. The molecule has 2 fully saturated rings. The molecular weight excluding hydrogens is 392 g/mol. The number of nitrogens with one attached hydrogen (secondary N) is 2. The first-order chi connectivity index (χ1) is 15.2. The van der Waals surface area contributed by atoms with Gasteiger partial charge in [0.15, 0.2) is 5.96 Å². The van der Waals surface area contributed by atoms with E-state index >= 15 is 0 Å². The topological polar surface area (TPSA) is 105 Å². The number of ether oxygens (including phenoxy) is 1. The highest BCUT2D eigenvalue weighted by Crippen LogP contribution is 2.24. The zero-order valence-corrected chi connectivity index (χ0v) is 18.8. The van der Waals surface area contributed by atoms with Crippen LogP contribution in [0.4, 0.5) is 5.82 Å². The van der Waals surface area contributed by atoms with Gasteiger partial charge in [-0.25, -0.2) is 4.98 Å². The molecule has 0 spiro atoms. The lowest BCUT2D eigenvalue weighted by molar-refractivity contribution is -0.122. The van der Waals surface area contributed by atoms with Gasteiger partial charge >= 0.3 is 0 Å². The van der Waals surface area contributed by atoms with E-state index in [9.17, 15) is 4.79 Å². The summed E-state index contributed by atoms with van der Waals surface area (Å²) >= 11 is 0. The Hall–Kier alpha value is -2.35. The van der Waals surface area contributed by atoms with Crippen molar-refractivity contribution in [2.45, 2.75) is 64.0 Å². The van der Waals surface area contributed by atoms with Crippen LogP contribution in [0.25, 0.3) is 0 Å². The van der Waals surface area contributed by atoms with E-state index in [0.29, 0.717) is 19.3 Å². The van der Waals surface area contributed by atoms with Crippen molar-refractivity contribution >= 4 is 17.7 Å². The van der Waals surface area contributed by atoms with E-state index in [-0.39, 0.29) is 11.8 Å². The van der Waals surface area contributed by atoms with Gasteiger partial charge in [-0.1, -0.05) is 31.7 Å². The maximum atomic E-state index is 11.4. The quantitative estimate of drug-likeness (QED) is 0.253. The van der Waals surface area contributed by atoms with Gasteiger partial charge in [-0.2, -0.15) is 0 Å². The van der Waals surface area contributed by atoms with Crippen molar-refractivity contribution in [2.75, 3.05) is 38.2 Å². The van der Waals surface area contributed by atoms with Crippen LogP contribution in [0.1, 0.15) is 56.9 Å². The van der Waals surface area contributed by atoms with Gasteiger partial charge in [-0.05, 0) is 31.7 Å². The lowest BCUT2D eigenvalue weighted by Gasteiger charge is -2.32. The van der Waals surface area contributed by atoms with E-state index in [2.05, 4.69) is 31.6 Å². The molecule has 0 aromatic carbocycles. The Morgan fingerprint density at radius 2 is 1.94 bits per heavy atom. The highest BCUT2D eigenvalue weighted by molar-refractivity contribution is 5.79. The van der Waals surface area contributed by atoms with Gasteiger partial charge in [-0.3, -0.25) is 9.79 Å². The van der Waals surface area contributed by atoms with Crippen molar-refractivity contribution in [1.82, 2.24) is 15.6 Å². The van der Waals surface area contributed by atoms with Gasteiger partial charge in [0, 0.05) is 50.9 Å². The molecule has 3 rings (SSSR count). The fraction of sp³-hybridized carbons (Fsp3) is 0.696. The molecule has 0 radical (unpaired) electrons. The summed E-state index contributed by atoms with van der Waals surface area (Å²) < 4.78 is 6.05. The molecule has 0 bridgehead atoms. The molecule has 1 aliphatic carbocycles. The van der Waals surface area contributed by atoms with Crippen molar-refractivity contribution in [3.05, 3.63) is 23.9 Å². The first-order valence-electron chi connectivity index (χ1n) is 11.7. The van der Waals surface area contributed by atoms with Crippen LogP contribution in [-0.2, 0) is 16.1 Å². The number of guanidine groups is 1. The summed E-state index contributed by atoms with van der Waals surface area (Å²) in [7, 11) is 1.78. The second-order valence-corrected chi connectivity index (χ2v) is 8.49. The molecule has 1 aromatic heterocycles. The van der Waals surface area contributed by atoms with Gasteiger partial charge in [-0.15, -0.1) is 0 Å². The van der Waals surface area contributed by atoms with E-state index in [1.54, 1.807) is 7.05 Å². The standard InChI is InChI=1S/C23H38N6O2/c1-25-23(27-13-16-31-20-8-4-2-3-5-9-20)28-17-19-7-6-12-26-22(19)29-14-10-18(11-15-29)21(24)30/h6-7,12,18,20H,2-5,8-11,13-17H2,1H3,(H2,24,30)(H2,25,27,28). The van der Waals surface area contributed by atoms with Gasteiger partial charge in [0.2, 0.25) is 5.91 Å². The fourth-order valence-electron chi connectivity index (χ4n) is 4.43. The summed E-state index contributed by atoms with van der Waals surface area (Å²) in [5.74, 6) is 1.50. The van der Waals surface area contributed by atoms with E-state index in [4.69, 9.17) is 10.5 Å². The van der Waals surface area contributed by atoms with Crippen LogP contribution in [0.5, 0.6) is 0 Å². The average molecular weight is 431 g/mol. The summed E-state index contributed by atoms with van der Waals surface area (Å²) in [4.78, 5) is 22.6. The number of nitrogens with two attached hydrogens (primary N) is 1. The summed E-state index contributed by atoms with van der Waals surface area (Å²) in [5, 5.41) is 6.72. The number of rotatable bonds is 8. The summed E-state index contributed by atoms with van der Waals surface area (Å²) in [6.07, 6.45) is 11.4. The lowest BCUT2D eigenvalue weighted by atomic mass is 9.96. The number of piperidine rings is 1. The van der Waals surface area contributed by atoms with Crippen LogP contribution in [-0.4, -0.2) is 56.2 Å². The Morgan fingerprint density at radius 1 is 1.19 bits per heavy atom. The third-order valence-corrected chi connectivity index (χ3v) is 6.28. The van der Waals surface area contributed by atoms with Crippen LogP contribution in [0.15, 0.2) is 23.3 Å². The molecule has 1 saturated heterocycles. The Kier molecular flexibility index (Phi) is 9.39. The second-order valence-electron chi connectivity index (χ2n) is 8.49. The molecular formula is C23H38N6O2. The number of carbonyl (C=O) groups is 1. The van der Waals surface area contributed by atoms with Gasteiger partial charge in [0.25, 0.3) is 0 Å². The molecule has 31 heavy (non-hydrogen) atoms. The fourth-order valence-corrected chi connectivity index (χ4v) is 4.43. The summed E-state index contributed by atoms with van der Waals surface area (Å²) in [6, 6.07) is 4.03. The Bertz CT molecular complexity index is 710. The minimum Gasteiger partial charge on any atom is -0.376 e. The molecule has 0 unspecified atom stereocenters. The van der Waals surface area contributed by atoms with Crippen LogP contribution in [0.2, 0.25) is 0 Å². The number of hydrogen-bond donors (Lipinski definition) is 3. The summed E-state index contributed by atoms with van der Waals surface area (Å²) in [6.45, 7) is 3.64. The number of amides is 1. The number of primary amides is 1. The maximum Gasteiger partial charge on any atom is 0.220 e. The maximum absolute atomic E-state index is 11.4. The molecule has 1 aromatic rings. The minimum absolute atomic E-state index is 0.0234. The molecule has 8 heteroatoms. The van der Waals surface area contributed by atoms with E-state index in [0.717, 1.165) is 49.8 Å². The lowest BCUT2D eigenvalue weighted by Crippen LogP contribution is -2.41. The molecule has 2 aliphatic rings. The smallest absolute Gasteiger partial charge is 0.220 e. The van der Waals surface area contributed by atoms with E-state index in [1.807, 2.05) is 12.3 Å².